The Bertz CT molecular complexity index is 580. The highest BCUT2D eigenvalue weighted by atomic mass is 32.1. The molecule has 1 N–H and O–H groups in total. The standard InChI is InChI=1S/C14H20BNO5S/c1-13(2)14(3,4)21-15(20-13)9(8-17)6-11-16-7-10(22-11)12(18)19-5/h6-7,17H,8H2,1-5H3. The van der Waals surface area contributed by atoms with E-state index in [4.69, 9.17) is 9.31 Å². The predicted octanol–water partition coefficient (Wildman–Crippen LogP) is 1.94. The molecule has 0 atom stereocenters. The van der Waals surface area contributed by atoms with Crippen LogP contribution >= 0.6 is 11.3 Å². The van der Waals surface area contributed by atoms with Crippen LogP contribution in [0.15, 0.2) is 11.7 Å². The summed E-state index contributed by atoms with van der Waals surface area (Å²) in [6.45, 7) is 7.56. The number of ether oxygens (including phenoxy) is 1. The summed E-state index contributed by atoms with van der Waals surface area (Å²) in [6, 6.07) is 0. The Labute approximate surface area is 134 Å². The zero-order valence-electron chi connectivity index (χ0n) is 13.4. The van der Waals surface area contributed by atoms with Crippen molar-refractivity contribution in [1.82, 2.24) is 4.98 Å². The van der Waals surface area contributed by atoms with Crippen LogP contribution in [0.2, 0.25) is 0 Å². The molecule has 0 aromatic carbocycles. The smallest absolute Gasteiger partial charge is 0.465 e. The first-order valence-corrected chi connectivity index (χ1v) is 7.73. The van der Waals surface area contributed by atoms with E-state index in [2.05, 4.69) is 9.72 Å². The number of carbonyl (C=O) groups is 1. The molecule has 120 valence electrons. The summed E-state index contributed by atoms with van der Waals surface area (Å²) in [6.07, 6.45) is 3.13. The van der Waals surface area contributed by atoms with Gasteiger partial charge in [-0.1, -0.05) is 0 Å². The fourth-order valence-corrected chi connectivity index (χ4v) is 2.70. The maximum absolute atomic E-state index is 11.4. The van der Waals surface area contributed by atoms with E-state index in [-0.39, 0.29) is 6.61 Å². The third kappa shape index (κ3) is 3.25. The van der Waals surface area contributed by atoms with Gasteiger partial charge in [0.15, 0.2) is 0 Å². The molecule has 0 radical (unpaired) electrons. The molecular weight excluding hydrogens is 305 g/mol. The van der Waals surface area contributed by atoms with Gasteiger partial charge in [0.05, 0.1) is 31.1 Å². The Balaban J connectivity index is 2.22. The van der Waals surface area contributed by atoms with E-state index >= 15 is 0 Å². The third-order valence-electron chi connectivity index (χ3n) is 3.96. The lowest BCUT2D eigenvalue weighted by Crippen LogP contribution is -2.41. The number of thiazole rings is 1. The van der Waals surface area contributed by atoms with Crippen molar-refractivity contribution < 1.29 is 23.9 Å². The van der Waals surface area contributed by atoms with E-state index in [0.717, 1.165) is 0 Å². The zero-order valence-corrected chi connectivity index (χ0v) is 14.2. The van der Waals surface area contributed by atoms with Crippen LogP contribution in [0, 0.1) is 0 Å². The highest BCUT2D eigenvalue weighted by Gasteiger charge is 2.52. The van der Waals surface area contributed by atoms with Gasteiger partial charge in [0.1, 0.15) is 9.88 Å². The van der Waals surface area contributed by atoms with Crippen molar-refractivity contribution in [2.24, 2.45) is 0 Å². The monoisotopic (exact) mass is 325 g/mol. The first kappa shape index (κ1) is 17.1. The average molecular weight is 325 g/mol. The van der Waals surface area contributed by atoms with Gasteiger partial charge in [-0.25, -0.2) is 9.78 Å². The SMILES string of the molecule is COC(=O)c1cnc(C=C(CO)B2OC(C)(C)C(C)(C)O2)s1. The maximum atomic E-state index is 11.4. The molecule has 2 rings (SSSR count). The lowest BCUT2D eigenvalue weighted by atomic mass is 9.78. The molecule has 2 heterocycles. The Kier molecular flexibility index (Phi) is 4.77. The Morgan fingerprint density at radius 3 is 2.50 bits per heavy atom. The first-order chi connectivity index (χ1) is 10.2. The second-order valence-electron chi connectivity index (χ2n) is 6.02. The predicted molar refractivity (Wildman–Crippen MR) is 84.6 cm³/mol. The number of aromatic nitrogens is 1. The Hall–Kier alpha value is -1.22. The van der Waals surface area contributed by atoms with Gasteiger partial charge in [0, 0.05) is 0 Å². The van der Waals surface area contributed by atoms with Crippen LogP contribution < -0.4 is 0 Å². The molecule has 1 aliphatic rings. The minimum atomic E-state index is -0.638. The number of rotatable bonds is 4. The maximum Gasteiger partial charge on any atom is 0.493 e. The van der Waals surface area contributed by atoms with Crippen molar-refractivity contribution in [2.45, 2.75) is 38.9 Å². The Morgan fingerprint density at radius 2 is 2.00 bits per heavy atom. The molecular formula is C14H20BNO5S. The summed E-state index contributed by atoms with van der Waals surface area (Å²) in [5.74, 6) is -0.432. The molecule has 1 fully saturated rings. The minimum absolute atomic E-state index is 0.218. The summed E-state index contributed by atoms with van der Waals surface area (Å²) >= 11 is 1.18. The van der Waals surface area contributed by atoms with E-state index in [1.54, 1.807) is 6.08 Å². The van der Waals surface area contributed by atoms with Crippen LogP contribution in [0.4, 0.5) is 0 Å². The van der Waals surface area contributed by atoms with Crippen LogP contribution in [0.5, 0.6) is 0 Å². The van der Waals surface area contributed by atoms with Gasteiger partial charge in [-0.15, -0.1) is 11.3 Å². The molecule has 8 heteroatoms. The number of hydrogen-bond donors (Lipinski definition) is 1. The summed E-state index contributed by atoms with van der Waals surface area (Å²) < 4.78 is 16.4. The highest BCUT2D eigenvalue weighted by molar-refractivity contribution is 7.14. The molecule has 1 aromatic rings. The topological polar surface area (TPSA) is 77.9 Å². The number of nitrogens with zero attached hydrogens (tertiary/aromatic N) is 1. The van der Waals surface area contributed by atoms with E-state index in [9.17, 15) is 9.90 Å². The third-order valence-corrected chi connectivity index (χ3v) is 4.88. The first-order valence-electron chi connectivity index (χ1n) is 6.91. The van der Waals surface area contributed by atoms with Gasteiger partial charge in [0.2, 0.25) is 0 Å². The fourth-order valence-electron chi connectivity index (χ4n) is 1.89. The van der Waals surface area contributed by atoms with Gasteiger partial charge in [-0.2, -0.15) is 0 Å². The largest absolute Gasteiger partial charge is 0.493 e. The van der Waals surface area contributed by atoms with Gasteiger partial charge < -0.3 is 19.2 Å². The average Bonchev–Trinajstić information content (AvgIpc) is 2.98. The molecule has 0 saturated carbocycles. The van der Waals surface area contributed by atoms with Crippen molar-refractivity contribution in [3.05, 3.63) is 21.6 Å². The van der Waals surface area contributed by atoms with E-state index in [0.29, 0.717) is 15.4 Å². The molecule has 1 aliphatic heterocycles. The van der Waals surface area contributed by atoms with Gasteiger partial charge in [-0.3, -0.25) is 0 Å². The fraction of sp³-hybridized carbons (Fsp3) is 0.571. The van der Waals surface area contributed by atoms with Gasteiger partial charge in [0.25, 0.3) is 0 Å². The number of aliphatic hydroxyl groups is 1. The minimum Gasteiger partial charge on any atom is -0.465 e. The summed E-state index contributed by atoms with van der Waals surface area (Å²) in [5, 5.41) is 10.2. The number of carbonyl (C=O) groups excluding carboxylic acids is 1. The number of hydrogen-bond acceptors (Lipinski definition) is 7. The number of esters is 1. The number of aliphatic hydroxyl groups excluding tert-OH is 1. The lowest BCUT2D eigenvalue weighted by molar-refractivity contribution is 0.00578. The highest BCUT2D eigenvalue weighted by Crippen LogP contribution is 2.38. The molecule has 0 spiro atoms. The van der Waals surface area contributed by atoms with E-state index in [1.807, 2.05) is 27.7 Å². The molecule has 0 bridgehead atoms. The van der Waals surface area contributed by atoms with Crippen molar-refractivity contribution in [3.63, 3.8) is 0 Å². The molecule has 0 amide bonds. The van der Waals surface area contributed by atoms with E-state index < -0.39 is 24.3 Å². The second kappa shape index (κ2) is 6.12. The second-order valence-corrected chi connectivity index (χ2v) is 7.08. The molecule has 1 saturated heterocycles. The van der Waals surface area contributed by atoms with Crippen LogP contribution in [-0.2, 0) is 14.0 Å². The number of methoxy groups -OCH3 is 1. The summed E-state index contributed by atoms with van der Waals surface area (Å²) in [7, 11) is 0.682. The van der Waals surface area contributed by atoms with Gasteiger partial charge in [-0.05, 0) is 39.2 Å². The summed E-state index contributed by atoms with van der Waals surface area (Å²) in [5.41, 5.74) is -0.401. The van der Waals surface area contributed by atoms with Crippen molar-refractivity contribution in [1.29, 1.82) is 0 Å². The molecule has 22 heavy (non-hydrogen) atoms. The van der Waals surface area contributed by atoms with Crippen LogP contribution in [0.1, 0.15) is 42.4 Å². The normalized spacial score (nSPS) is 20.3. The molecule has 0 aliphatic carbocycles. The molecule has 6 nitrogen and oxygen atoms in total. The van der Waals surface area contributed by atoms with Crippen molar-refractivity contribution >= 4 is 30.5 Å². The van der Waals surface area contributed by atoms with Crippen LogP contribution in [0.3, 0.4) is 0 Å². The zero-order chi connectivity index (χ0) is 16.5. The quantitative estimate of drug-likeness (QED) is 0.673. The van der Waals surface area contributed by atoms with Crippen molar-refractivity contribution in [2.75, 3.05) is 13.7 Å². The van der Waals surface area contributed by atoms with E-state index in [1.165, 1.54) is 24.6 Å². The molecule has 1 aromatic heterocycles. The summed E-state index contributed by atoms with van der Waals surface area (Å²) in [4.78, 5) is 16.0. The van der Waals surface area contributed by atoms with Crippen LogP contribution in [-0.4, -0.2) is 48.1 Å². The lowest BCUT2D eigenvalue weighted by Gasteiger charge is -2.32. The molecule has 0 unspecified atom stereocenters. The van der Waals surface area contributed by atoms with Crippen LogP contribution in [0.25, 0.3) is 6.08 Å². The van der Waals surface area contributed by atoms with Gasteiger partial charge >= 0.3 is 13.1 Å². The van der Waals surface area contributed by atoms with Crippen molar-refractivity contribution in [3.8, 4) is 0 Å². The Morgan fingerprint density at radius 1 is 1.41 bits per heavy atom.